The van der Waals surface area contributed by atoms with E-state index in [0.717, 1.165) is 0 Å². The summed E-state index contributed by atoms with van der Waals surface area (Å²) in [5, 5.41) is 3.16. The molecule has 1 nitrogen and oxygen atoms in total. The Bertz CT molecular complexity index is 239. The van der Waals surface area contributed by atoms with Crippen LogP contribution < -0.4 is 5.32 Å². The lowest BCUT2D eigenvalue weighted by atomic mass is 9.98. The van der Waals surface area contributed by atoms with Gasteiger partial charge in [-0.05, 0) is 30.5 Å². The van der Waals surface area contributed by atoms with Gasteiger partial charge in [0.05, 0.1) is 4.95 Å². The van der Waals surface area contributed by atoms with Crippen LogP contribution in [0.25, 0.3) is 0 Å². The topological polar surface area (TPSA) is 12.0 Å². The van der Waals surface area contributed by atoms with E-state index in [1.54, 1.807) is 0 Å². The fourth-order valence-electron chi connectivity index (χ4n) is 1.40. The molecule has 1 aromatic rings. The molecule has 0 aliphatic heterocycles. The summed E-state index contributed by atoms with van der Waals surface area (Å²) in [5.74, 6) is 0.660. The summed E-state index contributed by atoms with van der Waals surface area (Å²) in [7, 11) is 1.95. The second-order valence-electron chi connectivity index (χ2n) is 3.63. The Morgan fingerprint density at radius 2 is 1.71 bits per heavy atom. The molecule has 0 bridgehead atoms. The lowest BCUT2D eigenvalue weighted by Gasteiger charge is -2.12. The molecular formula is C12H18BrN. The number of hydrogen-bond acceptors (Lipinski definition) is 1. The van der Waals surface area contributed by atoms with Crippen molar-refractivity contribution in [2.45, 2.75) is 31.1 Å². The number of rotatable bonds is 4. The second kappa shape index (κ2) is 5.52. The highest BCUT2D eigenvalue weighted by atomic mass is 79.9. The summed E-state index contributed by atoms with van der Waals surface area (Å²) >= 11 is 3.55. The van der Waals surface area contributed by atoms with Crippen molar-refractivity contribution < 1.29 is 0 Å². The molecule has 78 valence electrons. The van der Waals surface area contributed by atoms with E-state index in [2.05, 4.69) is 59.4 Å². The van der Waals surface area contributed by atoms with Gasteiger partial charge in [0, 0.05) is 0 Å². The van der Waals surface area contributed by atoms with E-state index >= 15 is 0 Å². The summed E-state index contributed by atoms with van der Waals surface area (Å²) < 4.78 is 0. The van der Waals surface area contributed by atoms with Gasteiger partial charge in [-0.2, -0.15) is 0 Å². The van der Waals surface area contributed by atoms with Crippen LogP contribution in [-0.2, 0) is 0 Å². The quantitative estimate of drug-likeness (QED) is 0.638. The Kier molecular flexibility index (Phi) is 4.63. The van der Waals surface area contributed by atoms with E-state index in [9.17, 15) is 0 Å². The summed E-state index contributed by atoms with van der Waals surface area (Å²) in [4.78, 5) is 0.258. The van der Waals surface area contributed by atoms with Crippen LogP contribution in [0.1, 0.15) is 42.3 Å². The Morgan fingerprint density at radius 1 is 1.21 bits per heavy atom. The minimum Gasteiger partial charge on any atom is -0.304 e. The Balaban J connectivity index is 2.78. The number of halogens is 1. The highest BCUT2D eigenvalue weighted by molar-refractivity contribution is 9.09. The maximum Gasteiger partial charge on any atom is 0.0884 e. The zero-order chi connectivity index (χ0) is 10.6. The van der Waals surface area contributed by atoms with Crippen LogP contribution in [0.15, 0.2) is 24.3 Å². The number of benzene rings is 1. The fourth-order valence-corrected chi connectivity index (χ4v) is 1.70. The largest absolute Gasteiger partial charge is 0.304 e. The van der Waals surface area contributed by atoms with Crippen molar-refractivity contribution in [3.63, 3.8) is 0 Å². The van der Waals surface area contributed by atoms with Crippen molar-refractivity contribution in [3.8, 4) is 0 Å². The standard InChI is InChI=1S/C12H18BrN/c1-4-9(2)10-5-7-11(8-6-10)12(13)14-3/h5-9,12,14H,4H2,1-3H3. The molecule has 0 saturated carbocycles. The lowest BCUT2D eigenvalue weighted by molar-refractivity contribution is 0.731. The zero-order valence-corrected chi connectivity index (χ0v) is 10.6. The van der Waals surface area contributed by atoms with Crippen molar-refractivity contribution in [1.82, 2.24) is 5.32 Å². The monoisotopic (exact) mass is 255 g/mol. The molecule has 0 aliphatic carbocycles. The van der Waals surface area contributed by atoms with E-state index in [-0.39, 0.29) is 4.95 Å². The molecule has 1 N–H and O–H groups in total. The SMILES string of the molecule is CCC(C)c1ccc(C(Br)NC)cc1. The van der Waals surface area contributed by atoms with Crippen LogP contribution in [-0.4, -0.2) is 7.05 Å². The molecule has 0 radical (unpaired) electrons. The summed E-state index contributed by atoms with van der Waals surface area (Å²) in [6, 6.07) is 8.79. The van der Waals surface area contributed by atoms with Crippen LogP contribution in [0.2, 0.25) is 0 Å². The molecule has 2 unspecified atom stereocenters. The average molecular weight is 256 g/mol. The molecule has 1 rings (SSSR count). The van der Waals surface area contributed by atoms with Gasteiger partial charge in [-0.1, -0.05) is 54.0 Å². The van der Waals surface area contributed by atoms with Gasteiger partial charge in [0.2, 0.25) is 0 Å². The predicted molar refractivity (Wildman–Crippen MR) is 65.9 cm³/mol. The third kappa shape index (κ3) is 2.82. The van der Waals surface area contributed by atoms with Gasteiger partial charge in [-0.25, -0.2) is 0 Å². The Hall–Kier alpha value is -0.340. The molecule has 0 heterocycles. The molecule has 0 amide bonds. The highest BCUT2D eigenvalue weighted by Crippen LogP contribution is 2.23. The molecule has 0 aliphatic rings. The van der Waals surface area contributed by atoms with Crippen LogP contribution in [0.4, 0.5) is 0 Å². The molecule has 2 heteroatoms. The molecule has 0 spiro atoms. The molecule has 1 aromatic carbocycles. The molecule has 2 atom stereocenters. The van der Waals surface area contributed by atoms with Gasteiger partial charge in [0.1, 0.15) is 0 Å². The summed E-state index contributed by atoms with van der Waals surface area (Å²) in [5.41, 5.74) is 2.70. The maximum absolute atomic E-state index is 3.55. The van der Waals surface area contributed by atoms with Crippen LogP contribution in [0.3, 0.4) is 0 Å². The van der Waals surface area contributed by atoms with Crippen molar-refractivity contribution in [1.29, 1.82) is 0 Å². The number of alkyl halides is 1. The Labute approximate surface area is 95.0 Å². The van der Waals surface area contributed by atoms with E-state index < -0.39 is 0 Å². The lowest BCUT2D eigenvalue weighted by Crippen LogP contribution is -2.09. The van der Waals surface area contributed by atoms with Crippen LogP contribution in [0, 0.1) is 0 Å². The molecule has 0 saturated heterocycles. The summed E-state index contributed by atoms with van der Waals surface area (Å²) in [6.07, 6.45) is 1.20. The van der Waals surface area contributed by atoms with Crippen molar-refractivity contribution in [2.75, 3.05) is 7.05 Å². The van der Waals surface area contributed by atoms with E-state index in [1.807, 2.05) is 7.05 Å². The maximum atomic E-state index is 3.55. The second-order valence-corrected chi connectivity index (χ2v) is 4.54. The third-order valence-corrected chi connectivity index (χ3v) is 3.65. The summed E-state index contributed by atoms with van der Waals surface area (Å²) in [6.45, 7) is 4.48. The normalized spacial score (nSPS) is 15.1. The third-order valence-electron chi connectivity index (χ3n) is 2.66. The minimum absolute atomic E-state index is 0.258. The van der Waals surface area contributed by atoms with E-state index in [1.165, 1.54) is 17.5 Å². The first kappa shape index (κ1) is 11.7. The first-order valence-electron chi connectivity index (χ1n) is 5.10. The molecular weight excluding hydrogens is 238 g/mol. The average Bonchev–Trinajstić information content (AvgIpc) is 2.27. The van der Waals surface area contributed by atoms with E-state index in [0.29, 0.717) is 5.92 Å². The zero-order valence-electron chi connectivity index (χ0n) is 9.05. The smallest absolute Gasteiger partial charge is 0.0884 e. The van der Waals surface area contributed by atoms with Crippen molar-refractivity contribution in [2.24, 2.45) is 0 Å². The van der Waals surface area contributed by atoms with Gasteiger partial charge in [-0.3, -0.25) is 0 Å². The fraction of sp³-hybridized carbons (Fsp3) is 0.500. The van der Waals surface area contributed by atoms with Gasteiger partial charge in [0.25, 0.3) is 0 Å². The first-order chi connectivity index (χ1) is 6.69. The number of hydrogen-bond donors (Lipinski definition) is 1. The van der Waals surface area contributed by atoms with Crippen LogP contribution in [0.5, 0.6) is 0 Å². The predicted octanol–water partition coefficient (Wildman–Crippen LogP) is 3.81. The van der Waals surface area contributed by atoms with Crippen molar-refractivity contribution >= 4 is 15.9 Å². The molecule has 14 heavy (non-hydrogen) atoms. The van der Waals surface area contributed by atoms with Gasteiger partial charge >= 0.3 is 0 Å². The molecule has 0 aromatic heterocycles. The number of nitrogens with one attached hydrogen (secondary N) is 1. The van der Waals surface area contributed by atoms with Gasteiger partial charge < -0.3 is 5.32 Å². The highest BCUT2D eigenvalue weighted by Gasteiger charge is 2.05. The van der Waals surface area contributed by atoms with Crippen molar-refractivity contribution in [3.05, 3.63) is 35.4 Å². The minimum atomic E-state index is 0.258. The van der Waals surface area contributed by atoms with Gasteiger partial charge in [-0.15, -0.1) is 0 Å². The molecule has 0 fully saturated rings. The van der Waals surface area contributed by atoms with E-state index in [4.69, 9.17) is 0 Å². The van der Waals surface area contributed by atoms with Gasteiger partial charge in [0.15, 0.2) is 0 Å². The Morgan fingerprint density at radius 3 is 2.14 bits per heavy atom. The first-order valence-corrected chi connectivity index (χ1v) is 6.01. The van der Waals surface area contributed by atoms with Crippen LogP contribution >= 0.6 is 15.9 Å².